The highest BCUT2D eigenvalue weighted by Crippen LogP contribution is 2.21. The van der Waals surface area contributed by atoms with Gasteiger partial charge in [-0.15, -0.1) is 0 Å². The minimum atomic E-state index is -0.323. The van der Waals surface area contributed by atoms with Crippen LogP contribution in [0, 0.1) is 5.82 Å². The van der Waals surface area contributed by atoms with E-state index in [9.17, 15) is 4.39 Å². The molecule has 1 aromatic rings. The SMILES string of the molecule is CCCC(OCC)C(Cc1cccc(Cl)c1F)NC. The van der Waals surface area contributed by atoms with Crippen LogP contribution in [-0.4, -0.2) is 25.8 Å². The van der Waals surface area contributed by atoms with Gasteiger partial charge < -0.3 is 10.1 Å². The average Bonchev–Trinajstić information content (AvgIpc) is 2.40. The van der Waals surface area contributed by atoms with Crippen molar-refractivity contribution in [1.82, 2.24) is 5.32 Å². The number of benzene rings is 1. The Labute approximate surface area is 120 Å². The molecule has 0 heterocycles. The fourth-order valence-corrected chi connectivity index (χ4v) is 2.46. The summed E-state index contributed by atoms with van der Waals surface area (Å²) in [5, 5.41) is 3.41. The molecule has 0 amide bonds. The molecule has 0 aliphatic carbocycles. The van der Waals surface area contributed by atoms with Gasteiger partial charge in [0.1, 0.15) is 5.82 Å². The zero-order valence-electron chi connectivity index (χ0n) is 11.9. The van der Waals surface area contributed by atoms with E-state index >= 15 is 0 Å². The Morgan fingerprint density at radius 2 is 2.11 bits per heavy atom. The number of ether oxygens (including phenoxy) is 1. The third kappa shape index (κ3) is 4.75. The molecule has 2 nitrogen and oxygen atoms in total. The Balaban J connectivity index is 2.82. The Hall–Kier alpha value is -0.640. The highest BCUT2D eigenvalue weighted by molar-refractivity contribution is 6.30. The van der Waals surface area contributed by atoms with Gasteiger partial charge in [0.2, 0.25) is 0 Å². The van der Waals surface area contributed by atoms with E-state index in [4.69, 9.17) is 16.3 Å². The number of nitrogens with one attached hydrogen (secondary N) is 1. The summed E-state index contributed by atoms with van der Waals surface area (Å²) in [6, 6.07) is 5.22. The molecule has 0 aliphatic heterocycles. The van der Waals surface area contributed by atoms with Crippen molar-refractivity contribution in [3.8, 4) is 0 Å². The van der Waals surface area contributed by atoms with E-state index in [2.05, 4.69) is 12.2 Å². The molecule has 0 radical (unpaired) electrons. The first kappa shape index (κ1) is 16.4. The van der Waals surface area contributed by atoms with Gasteiger partial charge >= 0.3 is 0 Å². The zero-order chi connectivity index (χ0) is 14.3. The van der Waals surface area contributed by atoms with Crippen LogP contribution in [0.15, 0.2) is 18.2 Å². The zero-order valence-corrected chi connectivity index (χ0v) is 12.6. The van der Waals surface area contributed by atoms with Gasteiger partial charge in [-0.1, -0.05) is 37.1 Å². The lowest BCUT2D eigenvalue weighted by atomic mass is 9.98. The van der Waals surface area contributed by atoms with Crippen LogP contribution in [0.2, 0.25) is 5.02 Å². The van der Waals surface area contributed by atoms with Gasteiger partial charge in [-0.2, -0.15) is 0 Å². The van der Waals surface area contributed by atoms with Crippen LogP contribution in [0.1, 0.15) is 32.3 Å². The topological polar surface area (TPSA) is 21.3 Å². The Kier molecular flexibility index (Phi) is 7.36. The quantitative estimate of drug-likeness (QED) is 0.785. The van der Waals surface area contributed by atoms with E-state index in [1.54, 1.807) is 18.2 Å². The smallest absolute Gasteiger partial charge is 0.145 e. The summed E-state index contributed by atoms with van der Waals surface area (Å²) < 4.78 is 19.7. The van der Waals surface area contributed by atoms with Crippen LogP contribution in [0.4, 0.5) is 4.39 Å². The van der Waals surface area contributed by atoms with Crippen molar-refractivity contribution in [2.75, 3.05) is 13.7 Å². The fourth-order valence-electron chi connectivity index (χ4n) is 2.26. The lowest BCUT2D eigenvalue weighted by Crippen LogP contribution is -2.41. The van der Waals surface area contributed by atoms with E-state index in [0.717, 1.165) is 12.8 Å². The maximum atomic E-state index is 13.9. The van der Waals surface area contributed by atoms with Crippen LogP contribution >= 0.6 is 11.6 Å². The first-order valence-electron chi connectivity index (χ1n) is 6.85. The molecule has 108 valence electrons. The predicted molar refractivity (Wildman–Crippen MR) is 78.3 cm³/mol. The van der Waals surface area contributed by atoms with E-state index in [1.165, 1.54) is 0 Å². The summed E-state index contributed by atoms with van der Waals surface area (Å²) in [6.07, 6.45) is 2.68. The van der Waals surface area contributed by atoms with Crippen LogP contribution in [0.25, 0.3) is 0 Å². The second-order valence-electron chi connectivity index (χ2n) is 4.59. The van der Waals surface area contributed by atoms with Crippen LogP contribution < -0.4 is 5.32 Å². The van der Waals surface area contributed by atoms with E-state index in [0.29, 0.717) is 18.6 Å². The average molecular weight is 288 g/mol. The molecule has 0 bridgehead atoms. The summed E-state index contributed by atoms with van der Waals surface area (Å²) in [4.78, 5) is 0. The van der Waals surface area contributed by atoms with Crippen molar-refractivity contribution in [2.45, 2.75) is 45.3 Å². The summed E-state index contributed by atoms with van der Waals surface area (Å²) in [6.45, 7) is 4.77. The monoisotopic (exact) mass is 287 g/mol. The third-order valence-corrected chi connectivity index (χ3v) is 3.54. The van der Waals surface area contributed by atoms with Crippen molar-refractivity contribution < 1.29 is 9.13 Å². The number of hydrogen-bond donors (Lipinski definition) is 1. The second kappa shape index (κ2) is 8.51. The van der Waals surface area contributed by atoms with Crippen molar-refractivity contribution in [3.63, 3.8) is 0 Å². The van der Waals surface area contributed by atoms with Crippen molar-refractivity contribution in [2.24, 2.45) is 0 Å². The second-order valence-corrected chi connectivity index (χ2v) is 5.00. The standard InChI is InChI=1S/C15H23ClFNO/c1-4-7-14(19-5-2)13(18-3)10-11-8-6-9-12(16)15(11)17/h6,8-9,13-14,18H,4-5,7,10H2,1-3H3. The molecule has 0 aromatic heterocycles. The maximum Gasteiger partial charge on any atom is 0.145 e. The number of halogens is 2. The van der Waals surface area contributed by atoms with Gasteiger partial charge in [0.05, 0.1) is 11.1 Å². The van der Waals surface area contributed by atoms with Gasteiger partial charge in [0, 0.05) is 12.6 Å². The van der Waals surface area contributed by atoms with Gasteiger partial charge in [0.15, 0.2) is 0 Å². The Bertz CT molecular complexity index is 380. The molecule has 19 heavy (non-hydrogen) atoms. The van der Waals surface area contributed by atoms with Crippen LogP contribution in [-0.2, 0) is 11.2 Å². The molecule has 1 N–H and O–H groups in total. The Morgan fingerprint density at radius 1 is 1.37 bits per heavy atom. The molecule has 2 atom stereocenters. The molecule has 4 heteroatoms. The summed E-state index contributed by atoms with van der Waals surface area (Å²) in [5.74, 6) is -0.323. The fraction of sp³-hybridized carbons (Fsp3) is 0.600. The predicted octanol–water partition coefficient (Wildman–Crippen LogP) is 3.81. The Morgan fingerprint density at radius 3 is 2.68 bits per heavy atom. The largest absolute Gasteiger partial charge is 0.377 e. The van der Waals surface area contributed by atoms with Crippen molar-refractivity contribution in [1.29, 1.82) is 0 Å². The lowest BCUT2D eigenvalue weighted by Gasteiger charge is -2.27. The van der Waals surface area contributed by atoms with Gasteiger partial charge in [-0.05, 0) is 38.4 Å². The molecular weight excluding hydrogens is 265 g/mol. The lowest BCUT2D eigenvalue weighted by molar-refractivity contribution is 0.0299. The van der Waals surface area contributed by atoms with E-state index in [1.807, 2.05) is 14.0 Å². The molecule has 0 aliphatic rings. The highest BCUT2D eigenvalue weighted by Gasteiger charge is 2.21. The summed E-state index contributed by atoms with van der Waals surface area (Å²) in [5.41, 5.74) is 0.632. The van der Waals surface area contributed by atoms with Crippen LogP contribution in [0.5, 0.6) is 0 Å². The molecule has 0 fully saturated rings. The first-order chi connectivity index (χ1) is 9.13. The molecular formula is C15H23ClFNO. The van der Waals surface area contributed by atoms with Gasteiger partial charge in [-0.3, -0.25) is 0 Å². The molecule has 0 saturated carbocycles. The number of rotatable bonds is 8. The van der Waals surface area contributed by atoms with Crippen LogP contribution in [0.3, 0.4) is 0 Å². The molecule has 0 saturated heterocycles. The minimum absolute atomic E-state index is 0.0906. The van der Waals surface area contributed by atoms with Crippen molar-refractivity contribution >= 4 is 11.6 Å². The molecule has 1 rings (SSSR count). The highest BCUT2D eigenvalue weighted by atomic mass is 35.5. The number of hydrogen-bond acceptors (Lipinski definition) is 2. The number of likely N-dealkylation sites (N-methyl/N-ethyl adjacent to an activating group) is 1. The van der Waals surface area contributed by atoms with E-state index in [-0.39, 0.29) is 23.0 Å². The van der Waals surface area contributed by atoms with Crippen molar-refractivity contribution in [3.05, 3.63) is 34.6 Å². The maximum absolute atomic E-state index is 13.9. The minimum Gasteiger partial charge on any atom is -0.377 e. The normalized spacial score (nSPS) is 14.4. The molecule has 2 unspecified atom stereocenters. The van der Waals surface area contributed by atoms with Gasteiger partial charge in [-0.25, -0.2) is 4.39 Å². The molecule has 1 aromatic carbocycles. The van der Waals surface area contributed by atoms with E-state index < -0.39 is 0 Å². The summed E-state index contributed by atoms with van der Waals surface area (Å²) in [7, 11) is 1.88. The summed E-state index contributed by atoms with van der Waals surface area (Å²) >= 11 is 5.82. The third-order valence-electron chi connectivity index (χ3n) is 3.24. The first-order valence-corrected chi connectivity index (χ1v) is 7.23. The van der Waals surface area contributed by atoms with Gasteiger partial charge in [0.25, 0.3) is 0 Å². The molecule has 0 spiro atoms.